The number of rotatable bonds is 5. The van der Waals surface area contributed by atoms with Gasteiger partial charge in [0, 0.05) is 84.0 Å². The number of benzene rings is 2. The maximum atomic E-state index is 17.0. The van der Waals surface area contributed by atoms with Crippen LogP contribution < -0.4 is 20.7 Å². The minimum absolute atomic E-state index is 0.114. The van der Waals surface area contributed by atoms with E-state index in [-0.39, 0.29) is 29.2 Å². The lowest BCUT2D eigenvalue weighted by Crippen LogP contribution is -2.51. The zero-order chi connectivity index (χ0) is 29.6. The molecule has 8 rings (SSSR count). The molecule has 0 aliphatic carbocycles. The lowest BCUT2D eigenvalue weighted by molar-refractivity contribution is 0.107. The quantitative estimate of drug-likeness (QED) is 0.295. The van der Waals surface area contributed by atoms with Crippen molar-refractivity contribution in [2.75, 3.05) is 43.4 Å². The van der Waals surface area contributed by atoms with Crippen LogP contribution >= 0.6 is 11.6 Å². The Bertz CT molecular complexity index is 1770. The third kappa shape index (κ3) is 4.28. The van der Waals surface area contributed by atoms with Crippen molar-refractivity contribution >= 4 is 44.9 Å². The van der Waals surface area contributed by atoms with E-state index in [9.17, 15) is 4.39 Å². The van der Waals surface area contributed by atoms with Crippen LogP contribution in [0.5, 0.6) is 6.01 Å². The highest BCUT2D eigenvalue weighted by molar-refractivity contribution is 6.35. The van der Waals surface area contributed by atoms with Crippen LogP contribution in [0.4, 0.5) is 20.3 Å². The van der Waals surface area contributed by atoms with Crippen molar-refractivity contribution < 1.29 is 13.5 Å². The summed E-state index contributed by atoms with van der Waals surface area (Å²) in [6.07, 6.45) is 3.64. The zero-order valence-electron chi connectivity index (χ0n) is 24.5. The van der Waals surface area contributed by atoms with Gasteiger partial charge in [-0.1, -0.05) is 11.6 Å². The lowest BCUT2D eigenvalue weighted by atomic mass is 9.95. The van der Waals surface area contributed by atoms with Crippen LogP contribution in [0.25, 0.3) is 32.9 Å². The van der Waals surface area contributed by atoms with E-state index in [1.54, 1.807) is 6.07 Å². The lowest BCUT2D eigenvalue weighted by Gasteiger charge is -2.34. The highest BCUT2D eigenvalue weighted by atomic mass is 35.5. The second-order valence-corrected chi connectivity index (χ2v) is 13.4. The van der Waals surface area contributed by atoms with Gasteiger partial charge >= 0.3 is 6.01 Å². The Hall–Kier alpha value is -3.21. The van der Waals surface area contributed by atoms with E-state index < -0.39 is 12.0 Å². The number of halogens is 3. The highest BCUT2D eigenvalue weighted by Gasteiger charge is 2.49. The number of ether oxygens (including phenoxy) is 1. The average Bonchev–Trinajstić information content (AvgIpc) is 3.68. The van der Waals surface area contributed by atoms with E-state index >= 15 is 4.39 Å². The number of hydrogen-bond donors (Lipinski definition) is 2. The molecule has 0 saturated carbocycles. The third-order valence-electron chi connectivity index (χ3n) is 10.4. The van der Waals surface area contributed by atoms with Gasteiger partial charge in [0.2, 0.25) is 0 Å². The Kier molecular flexibility index (Phi) is 6.30. The number of nitrogens with two attached hydrogens (primary N) is 1. The first-order valence-corrected chi connectivity index (χ1v) is 15.7. The van der Waals surface area contributed by atoms with E-state index in [0.29, 0.717) is 52.5 Å². The molecule has 11 heteroatoms. The molecule has 2 bridgehead atoms. The van der Waals surface area contributed by atoms with Crippen LogP contribution in [0, 0.1) is 12.7 Å². The van der Waals surface area contributed by atoms with Gasteiger partial charge in [0.15, 0.2) is 5.82 Å². The molecule has 6 heterocycles. The number of piperazine rings is 1. The van der Waals surface area contributed by atoms with E-state index in [1.165, 1.54) is 0 Å². The van der Waals surface area contributed by atoms with E-state index in [2.05, 4.69) is 20.1 Å². The molecule has 0 radical (unpaired) electrons. The topological polar surface area (TPSA) is 84.5 Å². The average molecular weight is 608 g/mol. The summed E-state index contributed by atoms with van der Waals surface area (Å²) in [5.41, 5.74) is 9.34. The van der Waals surface area contributed by atoms with Crippen LogP contribution in [0.15, 0.2) is 24.3 Å². The number of alkyl halides is 1. The molecule has 4 aliphatic heterocycles. The van der Waals surface area contributed by atoms with Crippen molar-refractivity contribution in [2.24, 2.45) is 7.05 Å². The van der Waals surface area contributed by atoms with Gasteiger partial charge in [-0.3, -0.25) is 4.90 Å². The van der Waals surface area contributed by atoms with Gasteiger partial charge in [0.25, 0.3) is 0 Å². The van der Waals surface area contributed by atoms with Crippen molar-refractivity contribution in [2.45, 2.75) is 62.8 Å². The summed E-state index contributed by atoms with van der Waals surface area (Å²) < 4.78 is 39.8. The minimum atomic E-state index is -0.867. The number of nitrogens with zero attached hydrogens (tertiary/aromatic N) is 5. The van der Waals surface area contributed by atoms with Crippen molar-refractivity contribution in [1.29, 1.82) is 0 Å². The van der Waals surface area contributed by atoms with Gasteiger partial charge in [-0.05, 0) is 63.4 Å². The van der Waals surface area contributed by atoms with Gasteiger partial charge in [-0.15, -0.1) is 0 Å². The Morgan fingerprint density at radius 3 is 2.70 bits per heavy atom. The van der Waals surface area contributed by atoms with Crippen molar-refractivity contribution in [3.05, 3.63) is 40.8 Å². The molecule has 0 spiro atoms. The number of anilines is 2. The van der Waals surface area contributed by atoms with Gasteiger partial charge in [0.1, 0.15) is 24.1 Å². The molecule has 4 atom stereocenters. The number of hydrogen-bond acceptors (Lipinski definition) is 7. The molecule has 4 fully saturated rings. The summed E-state index contributed by atoms with van der Waals surface area (Å²) in [6, 6.07) is 8.25. The van der Waals surface area contributed by atoms with Gasteiger partial charge in [-0.25, -0.2) is 8.78 Å². The normalized spacial score (nSPS) is 27.1. The summed E-state index contributed by atoms with van der Waals surface area (Å²) >= 11 is 6.97. The standard InChI is InChI=1S/C32H36ClF2N7O/c1-17-26(22-10-19(36)4-7-25(22)40(17)2)27-24(33)11-23-29(28(27)35)38-31(39-30(23)41-14-20-5-6-21(15-41)37-20)43-16-32-8-3-9-42(32)13-18(34)12-32/h4,7,10-11,18,20-21,37H,3,5-6,8-9,12-16,36H2,1-2H3/t18-,20?,21?,32+/m1/s1. The highest BCUT2D eigenvalue weighted by Crippen LogP contribution is 2.45. The molecule has 4 aliphatic rings. The van der Waals surface area contributed by atoms with Crippen LogP contribution in [0.1, 0.15) is 37.8 Å². The smallest absolute Gasteiger partial charge is 0.319 e. The summed E-state index contributed by atoms with van der Waals surface area (Å²) in [6.45, 7) is 5.03. The van der Waals surface area contributed by atoms with E-state index in [4.69, 9.17) is 27.1 Å². The fourth-order valence-corrected chi connectivity index (χ4v) is 8.50. The molecule has 0 amide bonds. The Balaban J connectivity index is 1.28. The first-order valence-electron chi connectivity index (χ1n) is 15.3. The molecule has 43 heavy (non-hydrogen) atoms. The molecule has 8 nitrogen and oxygen atoms in total. The first-order chi connectivity index (χ1) is 20.7. The van der Waals surface area contributed by atoms with E-state index in [1.807, 2.05) is 36.7 Å². The molecule has 226 valence electrons. The van der Waals surface area contributed by atoms with Crippen LogP contribution in [0.2, 0.25) is 5.02 Å². The van der Waals surface area contributed by atoms with Crippen LogP contribution in [-0.4, -0.2) is 76.0 Å². The summed E-state index contributed by atoms with van der Waals surface area (Å²) in [5, 5.41) is 5.33. The summed E-state index contributed by atoms with van der Waals surface area (Å²) in [7, 11) is 1.95. The SMILES string of the molecule is Cc1c(-c2c(Cl)cc3c(N4CC5CCC(C4)N5)nc(OC[C@@]45CCCN4C[C@H](F)C5)nc3c2F)c2cc(N)ccc2n1C. The van der Waals surface area contributed by atoms with Gasteiger partial charge in [0.05, 0.1) is 10.6 Å². The summed E-state index contributed by atoms with van der Waals surface area (Å²) in [5.74, 6) is 0.109. The molecular weight excluding hydrogens is 572 g/mol. The molecule has 4 saturated heterocycles. The van der Waals surface area contributed by atoms with Crippen molar-refractivity contribution in [3.63, 3.8) is 0 Å². The zero-order valence-corrected chi connectivity index (χ0v) is 25.2. The van der Waals surface area contributed by atoms with Crippen molar-refractivity contribution in [1.82, 2.24) is 24.8 Å². The number of aromatic nitrogens is 3. The van der Waals surface area contributed by atoms with E-state index in [0.717, 1.165) is 61.9 Å². The fraction of sp³-hybridized carbons (Fsp3) is 0.500. The molecule has 4 aromatic rings. The predicted molar refractivity (Wildman–Crippen MR) is 166 cm³/mol. The van der Waals surface area contributed by atoms with Gasteiger partial charge < -0.3 is 25.3 Å². The molecule has 2 aromatic carbocycles. The molecule has 3 N–H and O–H groups in total. The Morgan fingerprint density at radius 2 is 1.91 bits per heavy atom. The second-order valence-electron chi connectivity index (χ2n) is 13.0. The number of nitrogen functional groups attached to an aromatic ring is 1. The number of nitrogens with one attached hydrogen (secondary N) is 1. The fourth-order valence-electron chi connectivity index (χ4n) is 8.22. The maximum absolute atomic E-state index is 17.0. The monoisotopic (exact) mass is 607 g/mol. The number of aryl methyl sites for hydroxylation is 1. The molecule has 2 unspecified atom stereocenters. The Morgan fingerprint density at radius 1 is 1.12 bits per heavy atom. The largest absolute Gasteiger partial charge is 0.461 e. The Labute approximate surface area is 254 Å². The van der Waals surface area contributed by atoms with Crippen LogP contribution in [0.3, 0.4) is 0 Å². The summed E-state index contributed by atoms with van der Waals surface area (Å²) in [4.78, 5) is 14.0. The van der Waals surface area contributed by atoms with Gasteiger partial charge in [-0.2, -0.15) is 9.97 Å². The second kappa shape index (κ2) is 9.90. The van der Waals surface area contributed by atoms with Crippen molar-refractivity contribution in [3.8, 4) is 17.1 Å². The predicted octanol–water partition coefficient (Wildman–Crippen LogP) is 5.37. The maximum Gasteiger partial charge on any atom is 0.319 e. The molecular formula is C32H36ClF2N7O. The number of fused-ring (bicyclic) bond motifs is 5. The van der Waals surface area contributed by atoms with Crippen LogP contribution in [-0.2, 0) is 7.05 Å². The first kappa shape index (κ1) is 27.3. The third-order valence-corrected chi connectivity index (χ3v) is 10.7. The minimum Gasteiger partial charge on any atom is -0.461 e. The molecule has 2 aromatic heterocycles.